The summed E-state index contributed by atoms with van der Waals surface area (Å²) >= 11 is 0. The van der Waals surface area contributed by atoms with Gasteiger partial charge in [-0.2, -0.15) is 0 Å². The molecule has 1 saturated heterocycles. The van der Waals surface area contributed by atoms with Crippen molar-refractivity contribution >= 4 is 11.7 Å². The minimum Gasteiger partial charge on any atom is -0.351 e. The van der Waals surface area contributed by atoms with Crippen LogP contribution in [0, 0.1) is 6.92 Å². The van der Waals surface area contributed by atoms with E-state index in [1.807, 2.05) is 13.1 Å². The second-order valence-electron chi connectivity index (χ2n) is 6.21. The van der Waals surface area contributed by atoms with Crippen LogP contribution >= 0.6 is 0 Å². The molecule has 0 aliphatic carbocycles. The van der Waals surface area contributed by atoms with E-state index in [2.05, 4.69) is 26.5 Å². The smallest absolute Gasteiger partial charge is 0.238 e. The van der Waals surface area contributed by atoms with E-state index >= 15 is 0 Å². The number of nitrogens with zero attached hydrogens (tertiary/aromatic N) is 1. The fraction of sp³-hybridized carbons (Fsp3) is 0.562. The van der Waals surface area contributed by atoms with Gasteiger partial charge in [0.05, 0.1) is 6.04 Å². The molecule has 7 nitrogen and oxygen atoms in total. The van der Waals surface area contributed by atoms with Gasteiger partial charge in [-0.3, -0.25) is 14.6 Å². The number of nitrogens with one attached hydrogen (secondary N) is 4. The van der Waals surface area contributed by atoms with Crippen LogP contribution in [-0.2, 0) is 29.1 Å². The molecule has 2 aliphatic heterocycles. The predicted octanol–water partition coefficient (Wildman–Crippen LogP) is -0.524. The van der Waals surface area contributed by atoms with E-state index in [9.17, 15) is 9.59 Å². The number of hydrogen-bond acceptors (Lipinski definition) is 6. The highest BCUT2D eigenvalue weighted by molar-refractivity contribution is 5.86. The lowest BCUT2D eigenvalue weighted by Gasteiger charge is -2.22. The summed E-state index contributed by atoms with van der Waals surface area (Å²) in [5, 5.41) is 6.31. The standard InChI is InChI=1S/C16H23N5O2/c1-9-13(12-3-4-17-6-11(12)7-18-9)8-19-16(23)15-5-14(10(2)22)20-21-15/h7,14-15,17,20-21H,3-6,8H2,1-2H3,(H,19,23). The Bertz CT molecular complexity index is 631. The molecular formula is C16H23N5O2. The van der Waals surface area contributed by atoms with Gasteiger partial charge in [-0.1, -0.05) is 0 Å². The number of rotatable bonds is 4. The van der Waals surface area contributed by atoms with E-state index in [1.165, 1.54) is 18.1 Å². The molecule has 23 heavy (non-hydrogen) atoms. The average Bonchev–Trinajstić information content (AvgIpc) is 3.04. The summed E-state index contributed by atoms with van der Waals surface area (Å²) in [6.45, 7) is 5.76. The van der Waals surface area contributed by atoms with Gasteiger partial charge in [-0.05, 0) is 49.9 Å². The zero-order valence-corrected chi connectivity index (χ0v) is 13.5. The molecule has 2 atom stereocenters. The topological polar surface area (TPSA) is 95.2 Å². The molecule has 2 unspecified atom stereocenters. The number of ketones is 1. The maximum Gasteiger partial charge on any atom is 0.238 e. The highest BCUT2D eigenvalue weighted by atomic mass is 16.2. The molecule has 0 aromatic carbocycles. The third-order valence-electron chi connectivity index (χ3n) is 4.62. The number of pyridine rings is 1. The summed E-state index contributed by atoms with van der Waals surface area (Å²) in [5.41, 5.74) is 10.4. The van der Waals surface area contributed by atoms with Gasteiger partial charge in [-0.25, -0.2) is 10.9 Å². The maximum atomic E-state index is 12.3. The Kier molecular flexibility index (Phi) is 4.70. The van der Waals surface area contributed by atoms with Crippen LogP contribution in [0.5, 0.6) is 0 Å². The Balaban J connectivity index is 1.65. The highest BCUT2D eigenvalue weighted by Gasteiger charge is 2.31. The molecule has 4 N–H and O–H groups in total. The number of carbonyl (C=O) groups is 2. The Morgan fingerprint density at radius 2 is 2.13 bits per heavy atom. The van der Waals surface area contributed by atoms with E-state index < -0.39 is 0 Å². The molecule has 0 saturated carbocycles. The Morgan fingerprint density at radius 3 is 2.87 bits per heavy atom. The first-order valence-electron chi connectivity index (χ1n) is 8.02. The maximum absolute atomic E-state index is 12.3. The second-order valence-corrected chi connectivity index (χ2v) is 6.21. The van der Waals surface area contributed by atoms with Gasteiger partial charge in [0.1, 0.15) is 11.8 Å². The molecule has 2 aliphatic rings. The van der Waals surface area contributed by atoms with Crippen LogP contribution in [0.2, 0.25) is 0 Å². The van der Waals surface area contributed by atoms with E-state index in [-0.39, 0.29) is 23.8 Å². The number of aryl methyl sites for hydroxylation is 1. The SMILES string of the molecule is CC(=O)C1CC(C(=O)NCc2c(C)ncc3c2CCNC3)NN1. The normalized spacial score (nSPS) is 23.4. The fourth-order valence-electron chi connectivity index (χ4n) is 3.17. The first-order valence-corrected chi connectivity index (χ1v) is 8.02. The molecule has 3 rings (SSSR count). The lowest BCUT2D eigenvalue weighted by molar-refractivity contribution is -0.123. The summed E-state index contributed by atoms with van der Waals surface area (Å²) in [7, 11) is 0. The second kappa shape index (κ2) is 6.74. The molecule has 1 amide bonds. The molecule has 0 bridgehead atoms. The van der Waals surface area contributed by atoms with Crippen LogP contribution in [-0.4, -0.2) is 35.3 Å². The van der Waals surface area contributed by atoms with Gasteiger partial charge in [0.2, 0.25) is 5.91 Å². The molecule has 0 spiro atoms. The van der Waals surface area contributed by atoms with Crippen molar-refractivity contribution in [3.05, 3.63) is 28.6 Å². The van der Waals surface area contributed by atoms with E-state index in [1.54, 1.807) is 0 Å². The van der Waals surface area contributed by atoms with Crippen molar-refractivity contribution in [1.29, 1.82) is 0 Å². The molecule has 1 aromatic heterocycles. The van der Waals surface area contributed by atoms with Gasteiger partial charge in [0.15, 0.2) is 0 Å². The summed E-state index contributed by atoms with van der Waals surface area (Å²) < 4.78 is 0. The van der Waals surface area contributed by atoms with Crippen LogP contribution < -0.4 is 21.5 Å². The zero-order chi connectivity index (χ0) is 16.4. The molecule has 1 fully saturated rings. The molecule has 7 heteroatoms. The van der Waals surface area contributed by atoms with Crippen molar-refractivity contribution in [2.75, 3.05) is 6.54 Å². The Labute approximate surface area is 135 Å². The van der Waals surface area contributed by atoms with Gasteiger partial charge >= 0.3 is 0 Å². The van der Waals surface area contributed by atoms with Gasteiger partial charge in [-0.15, -0.1) is 0 Å². The first-order chi connectivity index (χ1) is 11.1. The quantitative estimate of drug-likeness (QED) is 0.597. The van der Waals surface area contributed by atoms with Crippen molar-refractivity contribution in [3.63, 3.8) is 0 Å². The van der Waals surface area contributed by atoms with E-state index in [4.69, 9.17) is 0 Å². The van der Waals surface area contributed by atoms with Crippen LogP contribution in [0.3, 0.4) is 0 Å². The number of amides is 1. The Hall–Kier alpha value is -1.83. The van der Waals surface area contributed by atoms with Crippen LogP contribution in [0.25, 0.3) is 0 Å². The number of Topliss-reactive ketones (excluding diaryl/α,β-unsaturated/α-hetero) is 1. The van der Waals surface area contributed by atoms with Crippen LogP contribution in [0.4, 0.5) is 0 Å². The van der Waals surface area contributed by atoms with E-state index in [0.29, 0.717) is 13.0 Å². The lowest BCUT2D eigenvalue weighted by Crippen LogP contribution is -2.43. The minimum absolute atomic E-state index is 0.0393. The Morgan fingerprint density at radius 1 is 1.35 bits per heavy atom. The number of hydrogen-bond donors (Lipinski definition) is 4. The third-order valence-corrected chi connectivity index (χ3v) is 4.62. The van der Waals surface area contributed by atoms with Crippen molar-refractivity contribution in [1.82, 2.24) is 26.5 Å². The first kappa shape index (κ1) is 16.0. The third kappa shape index (κ3) is 3.41. The number of hydrazine groups is 1. The summed E-state index contributed by atoms with van der Waals surface area (Å²) in [6.07, 6.45) is 3.36. The lowest BCUT2D eigenvalue weighted by atomic mass is 9.96. The summed E-state index contributed by atoms with van der Waals surface area (Å²) in [6, 6.07) is -0.664. The van der Waals surface area contributed by atoms with Crippen molar-refractivity contribution in [2.45, 2.75) is 51.9 Å². The van der Waals surface area contributed by atoms with Crippen molar-refractivity contribution < 1.29 is 9.59 Å². The molecule has 124 valence electrons. The molecular weight excluding hydrogens is 294 g/mol. The molecule has 1 aromatic rings. The molecule has 3 heterocycles. The van der Waals surface area contributed by atoms with Gasteiger partial charge in [0, 0.05) is 25.0 Å². The summed E-state index contributed by atoms with van der Waals surface area (Å²) in [4.78, 5) is 28.1. The summed E-state index contributed by atoms with van der Waals surface area (Å²) in [5.74, 6) is -0.0512. The van der Waals surface area contributed by atoms with Crippen LogP contribution in [0.1, 0.15) is 35.7 Å². The van der Waals surface area contributed by atoms with Gasteiger partial charge in [0.25, 0.3) is 0 Å². The molecule has 0 radical (unpaired) electrons. The predicted molar refractivity (Wildman–Crippen MR) is 85.4 cm³/mol. The van der Waals surface area contributed by atoms with Crippen molar-refractivity contribution in [2.24, 2.45) is 0 Å². The number of aromatic nitrogens is 1. The fourth-order valence-corrected chi connectivity index (χ4v) is 3.17. The van der Waals surface area contributed by atoms with Crippen molar-refractivity contribution in [3.8, 4) is 0 Å². The highest BCUT2D eigenvalue weighted by Crippen LogP contribution is 2.20. The van der Waals surface area contributed by atoms with Crippen LogP contribution in [0.15, 0.2) is 6.20 Å². The average molecular weight is 317 g/mol. The number of carbonyl (C=O) groups excluding carboxylic acids is 2. The minimum atomic E-state index is -0.377. The van der Waals surface area contributed by atoms with E-state index in [0.717, 1.165) is 30.8 Å². The zero-order valence-electron chi connectivity index (χ0n) is 13.5. The number of fused-ring (bicyclic) bond motifs is 1. The van der Waals surface area contributed by atoms with Gasteiger partial charge < -0.3 is 10.6 Å². The largest absolute Gasteiger partial charge is 0.351 e. The monoisotopic (exact) mass is 317 g/mol.